The second kappa shape index (κ2) is 5.72. The van der Waals surface area contributed by atoms with Crippen LogP contribution in [0.1, 0.15) is 31.6 Å². The molecule has 1 N–H and O–H groups in total. The van der Waals surface area contributed by atoms with Crippen LogP contribution in [0.25, 0.3) is 0 Å². The fourth-order valence-corrected chi connectivity index (χ4v) is 4.16. The van der Waals surface area contributed by atoms with Gasteiger partial charge in [-0.15, -0.1) is 11.3 Å². The van der Waals surface area contributed by atoms with Crippen molar-refractivity contribution in [1.82, 2.24) is 10.2 Å². The molecule has 2 heterocycles. The number of piperidine rings is 1. The van der Waals surface area contributed by atoms with E-state index in [-0.39, 0.29) is 11.4 Å². The molecular formula is C13H19BrN2OS. The van der Waals surface area contributed by atoms with E-state index in [1.54, 1.807) is 18.3 Å². The molecule has 1 saturated heterocycles. The van der Waals surface area contributed by atoms with Crippen molar-refractivity contribution in [1.29, 1.82) is 0 Å². The Hall–Kier alpha value is -0.390. The fourth-order valence-electron chi connectivity index (χ4n) is 2.66. The van der Waals surface area contributed by atoms with E-state index in [1.165, 1.54) is 4.88 Å². The van der Waals surface area contributed by atoms with E-state index in [0.717, 1.165) is 36.9 Å². The molecule has 100 valence electrons. The lowest BCUT2D eigenvalue weighted by Crippen LogP contribution is -2.56. The van der Waals surface area contributed by atoms with E-state index in [0.29, 0.717) is 0 Å². The molecule has 5 heteroatoms. The molecule has 1 unspecified atom stereocenters. The fraction of sp³-hybridized carbons (Fsp3) is 0.615. The summed E-state index contributed by atoms with van der Waals surface area (Å²) in [6, 6.07) is 2.18. The van der Waals surface area contributed by atoms with Crippen molar-refractivity contribution in [2.24, 2.45) is 0 Å². The second-order valence-electron chi connectivity index (χ2n) is 5.29. The van der Waals surface area contributed by atoms with Gasteiger partial charge in [-0.25, -0.2) is 0 Å². The molecule has 0 spiro atoms. The van der Waals surface area contributed by atoms with Crippen LogP contribution < -0.4 is 5.32 Å². The molecule has 1 aliphatic heterocycles. The largest absolute Gasteiger partial charge is 0.350 e. The standard InChI is InChI=1S/C13H19BrN2OS/c1-10(17)15-13(2)4-3-5-16(9-13)7-12-6-11(14)8-18-12/h6,8H,3-5,7,9H2,1-2H3,(H,15,17). The van der Waals surface area contributed by atoms with Crippen LogP contribution in [0.5, 0.6) is 0 Å². The molecule has 0 radical (unpaired) electrons. The van der Waals surface area contributed by atoms with Crippen LogP contribution in [0.4, 0.5) is 0 Å². The molecule has 1 aromatic rings. The zero-order valence-corrected chi connectivity index (χ0v) is 13.2. The molecule has 0 aromatic carbocycles. The van der Waals surface area contributed by atoms with Crippen molar-refractivity contribution in [3.8, 4) is 0 Å². The van der Waals surface area contributed by atoms with Gasteiger partial charge in [-0.05, 0) is 48.3 Å². The number of likely N-dealkylation sites (tertiary alicyclic amines) is 1. The number of amides is 1. The maximum absolute atomic E-state index is 11.3. The van der Waals surface area contributed by atoms with E-state index < -0.39 is 0 Å². The predicted octanol–water partition coefficient (Wildman–Crippen LogP) is 3.00. The van der Waals surface area contributed by atoms with Crippen LogP contribution in [0.3, 0.4) is 0 Å². The molecule has 1 fully saturated rings. The molecule has 18 heavy (non-hydrogen) atoms. The number of carbonyl (C=O) groups excluding carboxylic acids is 1. The third kappa shape index (κ3) is 3.80. The highest BCUT2D eigenvalue weighted by Gasteiger charge is 2.31. The minimum absolute atomic E-state index is 0.0678. The van der Waals surface area contributed by atoms with E-state index in [4.69, 9.17) is 0 Å². The number of rotatable bonds is 3. The Balaban J connectivity index is 1.96. The number of nitrogens with one attached hydrogen (secondary N) is 1. The normalized spacial score (nSPS) is 25.1. The van der Waals surface area contributed by atoms with Crippen LogP contribution in [0.2, 0.25) is 0 Å². The van der Waals surface area contributed by atoms with E-state index in [9.17, 15) is 4.79 Å². The highest BCUT2D eigenvalue weighted by molar-refractivity contribution is 9.10. The summed E-state index contributed by atoms with van der Waals surface area (Å²) in [4.78, 5) is 15.0. The van der Waals surface area contributed by atoms with Crippen LogP contribution in [0.15, 0.2) is 15.9 Å². The van der Waals surface area contributed by atoms with Crippen molar-refractivity contribution in [2.75, 3.05) is 13.1 Å². The maximum atomic E-state index is 11.3. The number of hydrogen-bond donors (Lipinski definition) is 1. The molecule has 2 rings (SSSR count). The Morgan fingerprint density at radius 3 is 3.06 bits per heavy atom. The van der Waals surface area contributed by atoms with Crippen molar-refractivity contribution < 1.29 is 4.79 Å². The van der Waals surface area contributed by atoms with Gasteiger partial charge in [0.15, 0.2) is 0 Å². The molecule has 0 aliphatic carbocycles. The lowest BCUT2D eigenvalue weighted by atomic mass is 9.91. The van der Waals surface area contributed by atoms with Gasteiger partial charge >= 0.3 is 0 Å². The summed E-state index contributed by atoms with van der Waals surface area (Å²) >= 11 is 5.27. The van der Waals surface area contributed by atoms with Gasteiger partial charge in [0.1, 0.15) is 0 Å². The summed E-state index contributed by atoms with van der Waals surface area (Å²) in [6.45, 7) is 6.77. The first-order valence-corrected chi connectivity index (χ1v) is 7.88. The van der Waals surface area contributed by atoms with Gasteiger partial charge in [-0.2, -0.15) is 0 Å². The van der Waals surface area contributed by atoms with Gasteiger partial charge in [-0.1, -0.05) is 0 Å². The molecule has 1 aromatic heterocycles. The summed E-state index contributed by atoms with van der Waals surface area (Å²) in [5, 5.41) is 5.21. The average molecular weight is 331 g/mol. The number of carbonyl (C=O) groups is 1. The van der Waals surface area contributed by atoms with Gasteiger partial charge in [0.25, 0.3) is 0 Å². The third-order valence-electron chi connectivity index (χ3n) is 3.25. The van der Waals surface area contributed by atoms with E-state index in [2.05, 4.69) is 44.5 Å². The summed E-state index contributed by atoms with van der Waals surface area (Å²) in [7, 11) is 0. The quantitative estimate of drug-likeness (QED) is 0.923. The number of halogens is 1. The first kappa shape index (κ1) is 14.0. The average Bonchev–Trinajstić information content (AvgIpc) is 2.62. The Morgan fingerprint density at radius 1 is 1.67 bits per heavy atom. The monoisotopic (exact) mass is 330 g/mol. The molecule has 1 aliphatic rings. The number of nitrogens with zero attached hydrogens (tertiary/aromatic N) is 1. The van der Waals surface area contributed by atoms with Crippen molar-refractivity contribution in [3.63, 3.8) is 0 Å². The number of hydrogen-bond acceptors (Lipinski definition) is 3. The van der Waals surface area contributed by atoms with Gasteiger partial charge in [0.2, 0.25) is 5.91 Å². The molecule has 3 nitrogen and oxygen atoms in total. The van der Waals surface area contributed by atoms with E-state index in [1.807, 2.05) is 0 Å². The van der Waals surface area contributed by atoms with Crippen LogP contribution in [-0.4, -0.2) is 29.4 Å². The van der Waals surface area contributed by atoms with Crippen LogP contribution in [0, 0.1) is 0 Å². The molecular weight excluding hydrogens is 312 g/mol. The molecule has 1 atom stereocenters. The van der Waals surface area contributed by atoms with Crippen molar-refractivity contribution >= 4 is 33.2 Å². The van der Waals surface area contributed by atoms with Gasteiger partial charge in [-0.3, -0.25) is 9.69 Å². The lowest BCUT2D eigenvalue weighted by Gasteiger charge is -2.40. The Kier molecular flexibility index (Phi) is 4.45. The van der Waals surface area contributed by atoms with Crippen LogP contribution >= 0.6 is 27.3 Å². The minimum Gasteiger partial charge on any atom is -0.350 e. The van der Waals surface area contributed by atoms with Gasteiger partial charge in [0, 0.05) is 40.3 Å². The molecule has 1 amide bonds. The minimum atomic E-state index is -0.0709. The van der Waals surface area contributed by atoms with Gasteiger partial charge < -0.3 is 5.32 Å². The predicted molar refractivity (Wildman–Crippen MR) is 78.8 cm³/mol. The Labute approximate surface area is 121 Å². The lowest BCUT2D eigenvalue weighted by molar-refractivity contribution is -0.121. The zero-order valence-electron chi connectivity index (χ0n) is 10.8. The first-order valence-electron chi connectivity index (χ1n) is 6.21. The summed E-state index contributed by atoms with van der Waals surface area (Å²) in [5.74, 6) is 0.0678. The van der Waals surface area contributed by atoms with E-state index >= 15 is 0 Å². The first-order chi connectivity index (χ1) is 8.47. The maximum Gasteiger partial charge on any atom is 0.217 e. The zero-order chi connectivity index (χ0) is 13.2. The topological polar surface area (TPSA) is 32.3 Å². The Morgan fingerprint density at radius 2 is 2.44 bits per heavy atom. The van der Waals surface area contributed by atoms with Crippen molar-refractivity contribution in [2.45, 2.75) is 38.8 Å². The Bertz CT molecular complexity index is 434. The summed E-state index contributed by atoms with van der Waals surface area (Å²) in [5.41, 5.74) is -0.0709. The molecule has 0 saturated carbocycles. The van der Waals surface area contributed by atoms with Crippen molar-refractivity contribution in [3.05, 3.63) is 20.8 Å². The van der Waals surface area contributed by atoms with Crippen LogP contribution in [-0.2, 0) is 11.3 Å². The summed E-state index contributed by atoms with van der Waals surface area (Å²) < 4.78 is 1.16. The highest BCUT2D eigenvalue weighted by atomic mass is 79.9. The van der Waals surface area contributed by atoms with Gasteiger partial charge in [0.05, 0.1) is 0 Å². The number of thiophene rings is 1. The second-order valence-corrected chi connectivity index (χ2v) is 7.20. The highest BCUT2D eigenvalue weighted by Crippen LogP contribution is 2.25. The SMILES string of the molecule is CC(=O)NC1(C)CCCN(Cc2cc(Br)cs2)C1. The smallest absolute Gasteiger partial charge is 0.217 e. The summed E-state index contributed by atoms with van der Waals surface area (Å²) in [6.07, 6.45) is 2.21. The molecule has 0 bridgehead atoms. The third-order valence-corrected chi connectivity index (χ3v) is 4.94.